The Morgan fingerprint density at radius 2 is 2.24 bits per heavy atom. The predicted molar refractivity (Wildman–Crippen MR) is 79.4 cm³/mol. The molecule has 2 aromatic rings. The highest BCUT2D eigenvalue weighted by Gasteiger charge is 2.13. The molecule has 1 aromatic heterocycles. The summed E-state index contributed by atoms with van der Waals surface area (Å²) in [5.74, 6) is -0.498. The Hall–Kier alpha value is -2.14. The van der Waals surface area contributed by atoms with Crippen molar-refractivity contribution in [3.8, 4) is 5.75 Å². The number of halogens is 2. The molecule has 0 unspecified atom stereocenters. The number of aromatic nitrogens is 1. The zero-order valence-corrected chi connectivity index (χ0v) is 12.2. The zero-order chi connectivity index (χ0) is 15.2. The molecule has 0 fully saturated rings. The number of anilines is 1. The number of hydrogen-bond donors (Lipinski definition) is 1. The van der Waals surface area contributed by atoms with Gasteiger partial charge in [-0.3, -0.25) is 4.79 Å². The Morgan fingerprint density at radius 3 is 3.00 bits per heavy atom. The highest BCUT2D eigenvalue weighted by molar-refractivity contribution is 6.33. The van der Waals surface area contributed by atoms with Crippen LogP contribution in [0, 0.1) is 5.82 Å². The van der Waals surface area contributed by atoms with Gasteiger partial charge in [-0.1, -0.05) is 24.6 Å². The molecule has 0 spiro atoms. The third-order valence-corrected chi connectivity index (χ3v) is 2.92. The van der Waals surface area contributed by atoms with Crippen molar-refractivity contribution in [1.29, 1.82) is 0 Å². The van der Waals surface area contributed by atoms with Crippen LogP contribution in [0.1, 0.15) is 23.7 Å². The number of pyridine rings is 1. The molecule has 4 nitrogen and oxygen atoms in total. The van der Waals surface area contributed by atoms with Crippen LogP contribution in [0.5, 0.6) is 5.75 Å². The Labute approximate surface area is 126 Å². The van der Waals surface area contributed by atoms with Gasteiger partial charge in [0.05, 0.1) is 18.4 Å². The maximum Gasteiger partial charge on any atom is 0.258 e. The first-order valence-corrected chi connectivity index (χ1v) is 6.83. The molecule has 21 heavy (non-hydrogen) atoms. The Kier molecular flexibility index (Phi) is 5.11. The van der Waals surface area contributed by atoms with E-state index in [4.69, 9.17) is 16.3 Å². The average Bonchev–Trinajstić information content (AvgIpc) is 2.48. The molecule has 0 saturated carbocycles. The van der Waals surface area contributed by atoms with Gasteiger partial charge >= 0.3 is 0 Å². The quantitative estimate of drug-likeness (QED) is 0.852. The molecule has 0 atom stereocenters. The number of hydrogen-bond acceptors (Lipinski definition) is 3. The third-order valence-electron chi connectivity index (χ3n) is 2.62. The smallest absolute Gasteiger partial charge is 0.258 e. The van der Waals surface area contributed by atoms with E-state index in [0.29, 0.717) is 18.0 Å². The highest BCUT2D eigenvalue weighted by Crippen LogP contribution is 2.20. The van der Waals surface area contributed by atoms with Gasteiger partial charge in [0.1, 0.15) is 16.7 Å². The van der Waals surface area contributed by atoms with E-state index in [1.54, 1.807) is 24.3 Å². The zero-order valence-electron chi connectivity index (χ0n) is 11.4. The topological polar surface area (TPSA) is 51.2 Å². The van der Waals surface area contributed by atoms with Crippen LogP contribution in [0.15, 0.2) is 36.5 Å². The first-order chi connectivity index (χ1) is 10.1. The van der Waals surface area contributed by atoms with Crippen LogP contribution in [-0.2, 0) is 0 Å². The first-order valence-electron chi connectivity index (χ1n) is 6.45. The third kappa shape index (κ3) is 4.16. The second kappa shape index (κ2) is 7.04. The molecule has 0 bridgehead atoms. The molecule has 0 saturated heterocycles. The maximum atomic E-state index is 13.1. The summed E-state index contributed by atoms with van der Waals surface area (Å²) in [5.41, 5.74) is 0.519. The number of ether oxygens (including phenoxy) is 1. The van der Waals surface area contributed by atoms with Gasteiger partial charge < -0.3 is 10.1 Å². The largest absolute Gasteiger partial charge is 0.494 e. The van der Waals surface area contributed by atoms with Gasteiger partial charge in [0, 0.05) is 11.8 Å². The van der Waals surface area contributed by atoms with Gasteiger partial charge in [-0.05, 0) is 24.6 Å². The Bertz CT molecular complexity index is 649. The van der Waals surface area contributed by atoms with E-state index >= 15 is 0 Å². The van der Waals surface area contributed by atoms with Gasteiger partial charge in [-0.25, -0.2) is 9.37 Å². The molecule has 0 radical (unpaired) electrons. The van der Waals surface area contributed by atoms with E-state index in [1.807, 2.05) is 6.92 Å². The fourth-order valence-corrected chi connectivity index (χ4v) is 1.85. The van der Waals surface area contributed by atoms with Gasteiger partial charge in [-0.2, -0.15) is 0 Å². The number of nitrogens with one attached hydrogen (secondary N) is 1. The maximum absolute atomic E-state index is 13.1. The van der Waals surface area contributed by atoms with E-state index in [0.717, 1.165) is 18.7 Å². The van der Waals surface area contributed by atoms with Crippen molar-refractivity contribution in [1.82, 2.24) is 4.98 Å². The lowest BCUT2D eigenvalue weighted by Gasteiger charge is -2.09. The summed E-state index contributed by atoms with van der Waals surface area (Å²) in [5, 5.41) is 2.58. The molecular formula is C15H14ClFN2O2. The molecule has 1 N–H and O–H groups in total. The first kappa shape index (κ1) is 15.3. The highest BCUT2D eigenvalue weighted by atomic mass is 35.5. The molecule has 6 heteroatoms. The summed E-state index contributed by atoms with van der Waals surface area (Å²) in [6.45, 7) is 2.60. The monoisotopic (exact) mass is 308 g/mol. The van der Waals surface area contributed by atoms with Crippen molar-refractivity contribution in [3.63, 3.8) is 0 Å². The van der Waals surface area contributed by atoms with E-state index in [-0.39, 0.29) is 10.7 Å². The minimum Gasteiger partial charge on any atom is -0.494 e. The Balaban J connectivity index is 2.14. The van der Waals surface area contributed by atoms with Gasteiger partial charge in [0.2, 0.25) is 0 Å². The van der Waals surface area contributed by atoms with E-state index < -0.39 is 11.7 Å². The molecule has 2 rings (SSSR count). The summed E-state index contributed by atoms with van der Waals surface area (Å²) in [6, 6.07) is 7.99. The second-order valence-corrected chi connectivity index (χ2v) is 4.68. The van der Waals surface area contributed by atoms with Gasteiger partial charge in [0.25, 0.3) is 5.91 Å². The van der Waals surface area contributed by atoms with Crippen LogP contribution in [-0.4, -0.2) is 17.5 Å². The van der Waals surface area contributed by atoms with Crippen LogP contribution >= 0.6 is 11.6 Å². The number of benzene rings is 1. The molecule has 0 aliphatic heterocycles. The van der Waals surface area contributed by atoms with Gasteiger partial charge in [0.15, 0.2) is 0 Å². The molecule has 0 aliphatic carbocycles. The molecule has 1 amide bonds. The number of amides is 1. The molecule has 0 aliphatic rings. The van der Waals surface area contributed by atoms with Crippen molar-refractivity contribution in [2.45, 2.75) is 13.3 Å². The lowest BCUT2D eigenvalue weighted by molar-refractivity contribution is 0.102. The standard InChI is InChI=1S/C15H14ClFN2O2/c1-2-6-21-12-5-3-4-11(8-12)19-15(20)13-7-10(17)9-18-14(13)16/h3-5,7-9H,2,6H2,1H3,(H,19,20). The number of carbonyl (C=O) groups excluding carboxylic acids is 1. The second-order valence-electron chi connectivity index (χ2n) is 4.32. The Morgan fingerprint density at radius 1 is 1.43 bits per heavy atom. The van der Waals surface area contributed by atoms with Crippen molar-refractivity contribution in [2.24, 2.45) is 0 Å². The summed E-state index contributed by atoms with van der Waals surface area (Å²) in [7, 11) is 0. The van der Waals surface area contributed by atoms with Crippen molar-refractivity contribution >= 4 is 23.2 Å². The van der Waals surface area contributed by atoms with Crippen molar-refractivity contribution in [3.05, 3.63) is 53.1 Å². The summed E-state index contributed by atoms with van der Waals surface area (Å²) < 4.78 is 18.6. The minimum atomic E-state index is -0.621. The number of rotatable bonds is 5. The van der Waals surface area contributed by atoms with Crippen molar-refractivity contribution in [2.75, 3.05) is 11.9 Å². The summed E-state index contributed by atoms with van der Waals surface area (Å²) in [6.07, 6.45) is 1.85. The summed E-state index contributed by atoms with van der Waals surface area (Å²) >= 11 is 5.79. The molecular weight excluding hydrogens is 295 g/mol. The SMILES string of the molecule is CCCOc1cccc(NC(=O)c2cc(F)cnc2Cl)c1. The number of carbonyl (C=O) groups is 1. The van der Waals surface area contributed by atoms with Crippen LogP contribution in [0.4, 0.5) is 10.1 Å². The lowest BCUT2D eigenvalue weighted by Crippen LogP contribution is -2.13. The minimum absolute atomic E-state index is 0.0171. The van der Waals surface area contributed by atoms with E-state index in [2.05, 4.69) is 10.3 Å². The fourth-order valence-electron chi connectivity index (χ4n) is 1.66. The van der Waals surface area contributed by atoms with E-state index in [1.165, 1.54) is 0 Å². The van der Waals surface area contributed by atoms with E-state index in [9.17, 15) is 9.18 Å². The average molecular weight is 309 g/mol. The fraction of sp³-hybridized carbons (Fsp3) is 0.200. The van der Waals surface area contributed by atoms with Crippen LogP contribution < -0.4 is 10.1 Å². The summed E-state index contributed by atoms with van der Waals surface area (Å²) in [4.78, 5) is 15.7. The predicted octanol–water partition coefficient (Wildman–Crippen LogP) is 3.92. The lowest BCUT2D eigenvalue weighted by atomic mass is 10.2. The molecule has 110 valence electrons. The van der Waals surface area contributed by atoms with Crippen LogP contribution in [0.25, 0.3) is 0 Å². The number of nitrogens with zero attached hydrogens (tertiary/aromatic N) is 1. The normalized spacial score (nSPS) is 10.2. The van der Waals surface area contributed by atoms with Crippen LogP contribution in [0.2, 0.25) is 5.15 Å². The van der Waals surface area contributed by atoms with Crippen LogP contribution in [0.3, 0.4) is 0 Å². The van der Waals surface area contributed by atoms with Crippen molar-refractivity contribution < 1.29 is 13.9 Å². The molecule has 1 heterocycles. The molecule has 1 aromatic carbocycles. The van der Waals surface area contributed by atoms with Gasteiger partial charge in [-0.15, -0.1) is 0 Å².